The highest BCUT2D eigenvalue weighted by Crippen LogP contribution is 2.21. The molecule has 1 heterocycles. The molecule has 0 spiro atoms. The number of oxime groups is 1. The minimum atomic E-state index is -0.562. The Bertz CT molecular complexity index is 636. The Kier molecular flexibility index (Phi) is 3.29. The highest BCUT2D eigenvalue weighted by atomic mass is 16.6. The molecular formula is C14H16N2O3. The minimum absolute atomic E-state index is 0.457. The average Bonchev–Trinajstić information content (AvgIpc) is 2.67. The van der Waals surface area contributed by atoms with Crippen molar-refractivity contribution < 1.29 is 14.7 Å². The van der Waals surface area contributed by atoms with E-state index in [1.54, 1.807) is 6.20 Å². The zero-order valence-corrected chi connectivity index (χ0v) is 11.1. The van der Waals surface area contributed by atoms with Crippen molar-refractivity contribution >= 4 is 23.2 Å². The van der Waals surface area contributed by atoms with E-state index in [9.17, 15) is 4.79 Å². The summed E-state index contributed by atoms with van der Waals surface area (Å²) in [5.41, 5.74) is 0.809. The monoisotopic (exact) mass is 260 g/mol. The molecule has 0 aliphatic heterocycles. The summed E-state index contributed by atoms with van der Waals surface area (Å²) >= 11 is 0. The van der Waals surface area contributed by atoms with Crippen LogP contribution in [0.1, 0.15) is 26.3 Å². The predicted octanol–water partition coefficient (Wildman–Crippen LogP) is 3.23. The van der Waals surface area contributed by atoms with Crippen LogP contribution in [-0.2, 0) is 4.74 Å². The summed E-state index contributed by atoms with van der Waals surface area (Å²) in [6.07, 6.45) is 2.43. The van der Waals surface area contributed by atoms with Gasteiger partial charge in [-0.1, -0.05) is 23.4 Å². The van der Waals surface area contributed by atoms with Gasteiger partial charge in [0.25, 0.3) is 0 Å². The van der Waals surface area contributed by atoms with Crippen LogP contribution in [0.5, 0.6) is 0 Å². The lowest BCUT2D eigenvalue weighted by molar-refractivity contribution is 0.0544. The second kappa shape index (κ2) is 4.76. The quantitative estimate of drug-likeness (QED) is 0.486. The summed E-state index contributed by atoms with van der Waals surface area (Å²) in [6.45, 7) is 5.44. The van der Waals surface area contributed by atoms with E-state index in [0.29, 0.717) is 11.1 Å². The van der Waals surface area contributed by atoms with Crippen LogP contribution in [0, 0.1) is 0 Å². The first-order chi connectivity index (χ1) is 8.92. The summed E-state index contributed by atoms with van der Waals surface area (Å²) in [5.74, 6) is 0. The van der Waals surface area contributed by atoms with Crippen molar-refractivity contribution in [3.63, 3.8) is 0 Å². The number of aromatic nitrogens is 1. The van der Waals surface area contributed by atoms with Gasteiger partial charge in [-0.25, -0.2) is 4.79 Å². The number of carbonyl (C=O) groups excluding carboxylic acids is 1. The molecule has 0 aliphatic carbocycles. The number of rotatable bonds is 1. The van der Waals surface area contributed by atoms with Crippen LogP contribution in [0.3, 0.4) is 0 Å². The van der Waals surface area contributed by atoms with Crippen molar-refractivity contribution in [1.29, 1.82) is 0 Å². The van der Waals surface area contributed by atoms with Crippen LogP contribution in [0.4, 0.5) is 4.79 Å². The van der Waals surface area contributed by atoms with Gasteiger partial charge in [0.15, 0.2) is 0 Å². The molecule has 0 atom stereocenters. The third-order valence-electron chi connectivity index (χ3n) is 2.53. The molecule has 2 rings (SSSR count). The van der Waals surface area contributed by atoms with E-state index in [2.05, 4.69) is 5.16 Å². The number of para-hydroxylation sites is 1. The SMILES string of the molecule is CC(C)(C)OC(=O)n1cc(C=NO)c2ccccc21. The van der Waals surface area contributed by atoms with Gasteiger partial charge in [0.1, 0.15) is 5.60 Å². The number of hydrogen-bond donors (Lipinski definition) is 1. The van der Waals surface area contributed by atoms with E-state index in [0.717, 1.165) is 5.39 Å². The standard InChI is InChI=1S/C14H16N2O3/c1-14(2,3)19-13(17)16-9-10(8-15-18)11-6-4-5-7-12(11)16/h4-9,18H,1-3H3. The molecule has 5 nitrogen and oxygen atoms in total. The molecule has 1 aromatic heterocycles. The Labute approximate surface area is 111 Å². The zero-order chi connectivity index (χ0) is 14.0. The van der Waals surface area contributed by atoms with Crippen molar-refractivity contribution in [3.05, 3.63) is 36.0 Å². The maximum Gasteiger partial charge on any atom is 0.419 e. The summed E-state index contributed by atoms with van der Waals surface area (Å²) in [7, 11) is 0. The molecule has 1 N–H and O–H groups in total. The third-order valence-corrected chi connectivity index (χ3v) is 2.53. The Balaban J connectivity index is 2.52. The van der Waals surface area contributed by atoms with Crippen LogP contribution in [0.25, 0.3) is 10.9 Å². The van der Waals surface area contributed by atoms with Crippen LogP contribution < -0.4 is 0 Å². The largest absolute Gasteiger partial charge is 0.443 e. The lowest BCUT2D eigenvalue weighted by Crippen LogP contribution is -2.26. The van der Waals surface area contributed by atoms with Crippen molar-refractivity contribution in [2.45, 2.75) is 26.4 Å². The molecule has 2 aromatic rings. The first kappa shape index (κ1) is 13.1. The Morgan fingerprint density at radius 3 is 2.68 bits per heavy atom. The molecule has 0 saturated carbocycles. The van der Waals surface area contributed by atoms with Gasteiger partial charge < -0.3 is 9.94 Å². The molecule has 100 valence electrons. The highest BCUT2D eigenvalue weighted by molar-refractivity contribution is 6.02. The number of hydrogen-bond acceptors (Lipinski definition) is 4. The summed E-state index contributed by atoms with van der Waals surface area (Å²) in [4.78, 5) is 12.1. The number of benzene rings is 1. The Hall–Kier alpha value is -2.30. The smallest absolute Gasteiger partial charge is 0.419 e. The van der Waals surface area contributed by atoms with Gasteiger partial charge >= 0.3 is 6.09 Å². The number of fused-ring (bicyclic) bond motifs is 1. The molecule has 0 unspecified atom stereocenters. The van der Waals surface area contributed by atoms with Gasteiger partial charge in [-0.3, -0.25) is 4.57 Å². The van der Waals surface area contributed by atoms with E-state index < -0.39 is 11.7 Å². The van der Waals surface area contributed by atoms with Crippen LogP contribution in [-0.4, -0.2) is 27.7 Å². The van der Waals surface area contributed by atoms with Crippen LogP contribution in [0.15, 0.2) is 35.6 Å². The predicted molar refractivity (Wildman–Crippen MR) is 73.0 cm³/mol. The second-order valence-corrected chi connectivity index (χ2v) is 5.20. The van der Waals surface area contributed by atoms with Gasteiger partial charge in [0, 0.05) is 17.1 Å². The Morgan fingerprint density at radius 2 is 2.05 bits per heavy atom. The molecule has 1 aromatic carbocycles. The first-order valence-electron chi connectivity index (χ1n) is 5.93. The first-order valence-corrected chi connectivity index (χ1v) is 5.93. The summed E-state index contributed by atoms with van der Waals surface area (Å²) in [5, 5.41) is 12.5. The molecule has 0 fully saturated rings. The molecule has 5 heteroatoms. The van der Waals surface area contributed by atoms with Crippen molar-refractivity contribution in [3.8, 4) is 0 Å². The van der Waals surface area contributed by atoms with Gasteiger partial charge in [-0.15, -0.1) is 0 Å². The van der Waals surface area contributed by atoms with E-state index >= 15 is 0 Å². The average molecular weight is 260 g/mol. The molecule has 0 aliphatic rings. The van der Waals surface area contributed by atoms with Gasteiger partial charge in [-0.2, -0.15) is 0 Å². The maximum absolute atomic E-state index is 12.1. The molecule has 0 amide bonds. The molecule has 0 bridgehead atoms. The highest BCUT2D eigenvalue weighted by Gasteiger charge is 2.20. The summed E-state index contributed by atoms with van der Waals surface area (Å²) < 4.78 is 6.75. The van der Waals surface area contributed by atoms with Gasteiger partial charge in [0.2, 0.25) is 0 Å². The molecular weight excluding hydrogens is 244 g/mol. The number of ether oxygens (including phenoxy) is 1. The maximum atomic E-state index is 12.1. The number of carbonyl (C=O) groups is 1. The van der Waals surface area contributed by atoms with Crippen LogP contribution in [0.2, 0.25) is 0 Å². The van der Waals surface area contributed by atoms with Crippen LogP contribution >= 0.6 is 0 Å². The Morgan fingerprint density at radius 1 is 1.37 bits per heavy atom. The van der Waals surface area contributed by atoms with E-state index in [4.69, 9.17) is 9.94 Å². The fourth-order valence-corrected chi connectivity index (χ4v) is 1.83. The van der Waals surface area contributed by atoms with Gasteiger partial charge in [-0.05, 0) is 26.8 Å². The molecule has 19 heavy (non-hydrogen) atoms. The minimum Gasteiger partial charge on any atom is -0.443 e. The normalized spacial score (nSPS) is 12.2. The van der Waals surface area contributed by atoms with E-state index in [-0.39, 0.29) is 0 Å². The third kappa shape index (κ3) is 2.76. The number of nitrogens with zero attached hydrogens (tertiary/aromatic N) is 2. The fraction of sp³-hybridized carbons (Fsp3) is 0.286. The topological polar surface area (TPSA) is 63.8 Å². The van der Waals surface area contributed by atoms with Crippen molar-refractivity contribution in [2.24, 2.45) is 5.16 Å². The fourth-order valence-electron chi connectivity index (χ4n) is 1.83. The van der Waals surface area contributed by atoms with Gasteiger partial charge in [0.05, 0.1) is 11.7 Å². The zero-order valence-electron chi connectivity index (χ0n) is 11.1. The lowest BCUT2D eigenvalue weighted by Gasteiger charge is -2.19. The second-order valence-electron chi connectivity index (χ2n) is 5.20. The van der Waals surface area contributed by atoms with Crippen molar-refractivity contribution in [1.82, 2.24) is 4.57 Å². The van der Waals surface area contributed by atoms with Crippen molar-refractivity contribution in [2.75, 3.05) is 0 Å². The lowest BCUT2D eigenvalue weighted by atomic mass is 10.2. The van der Waals surface area contributed by atoms with E-state index in [1.807, 2.05) is 45.0 Å². The van der Waals surface area contributed by atoms with E-state index in [1.165, 1.54) is 10.8 Å². The molecule has 0 radical (unpaired) electrons. The summed E-state index contributed by atoms with van der Waals surface area (Å²) in [6, 6.07) is 7.36. The molecule has 0 saturated heterocycles.